The molecule has 0 aliphatic rings. The lowest BCUT2D eigenvalue weighted by Gasteiger charge is -2.10. The van der Waals surface area contributed by atoms with Crippen molar-refractivity contribution in [2.24, 2.45) is 0 Å². The fraction of sp³-hybridized carbons (Fsp3) is 0.364. The number of sulfonamides is 1. The maximum Gasteiger partial charge on any atom is 0.216 e. The van der Waals surface area contributed by atoms with Gasteiger partial charge in [-0.25, -0.2) is 13.1 Å². The second-order valence-corrected chi connectivity index (χ2v) is 5.55. The fourth-order valence-corrected chi connectivity index (χ4v) is 2.82. The zero-order chi connectivity index (χ0) is 12.2. The fourth-order valence-electron chi connectivity index (χ4n) is 1.36. The second kappa shape index (κ2) is 5.10. The summed E-state index contributed by atoms with van der Waals surface area (Å²) in [6.07, 6.45) is 0. The number of nitrogens with one attached hydrogen (secondary N) is 1. The molecule has 0 unspecified atom stereocenters. The summed E-state index contributed by atoms with van der Waals surface area (Å²) in [4.78, 5) is 0. The second-order valence-electron chi connectivity index (χ2n) is 3.80. The van der Waals surface area contributed by atoms with Crippen molar-refractivity contribution >= 4 is 10.0 Å². The molecule has 1 N–H and O–H groups in total. The zero-order valence-electron chi connectivity index (χ0n) is 9.27. The summed E-state index contributed by atoms with van der Waals surface area (Å²) in [5.41, 5.74) is 0.926. The molecular formula is C11H14N2O2S. The lowest BCUT2D eigenvalue weighted by molar-refractivity contribution is 0.569. The van der Waals surface area contributed by atoms with Crippen LogP contribution in [0, 0.1) is 11.3 Å². The molecule has 0 heterocycles. The molecular weight excluding hydrogens is 224 g/mol. The van der Waals surface area contributed by atoms with E-state index in [1.54, 1.807) is 38.1 Å². The Morgan fingerprint density at radius 1 is 1.38 bits per heavy atom. The SMILES string of the molecule is CC(C)NS(=O)(=O)Cc1ccccc1C#N. The standard InChI is InChI=1S/C11H14N2O2S/c1-9(2)13-16(14,15)8-11-6-4-3-5-10(11)7-12/h3-6,9,13H,8H2,1-2H3. The first-order valence-corrected chi connectivity index (χ1v) is 6.58. The van der Waals surface area contributed by atoms with E-state index in [2.05, 4.69) is 4.72 Å². The van der Waals surface area contributed by atoms with Gasteiger partial charge < -0.3 is 0 Å². The molecule has 0 atom stereocenters. The average molecular weight is 238 g/mol. The molecule has 0 bridgehead atoms. The van der Waals surface area contributed by atoms with Crippen LogP contribution in [0.1, 0.15) is 25.0 Å². The third-order valence-corrected chi connectivity index (χ3v) is 3.42. The normalized spacial score (nSPS) is 11.4. The first kappa shape index (κ1) is 12.7. The van der Waals surface area contributed by atoms with Crippen LogP contribution in [0.4, 0.5) is 0 Å². The van der Waals surface area contributed by atoms with Gasteiger partial charge in [0.25, 0.3) is 0 Å². The van der Waals surface area contributed by atoms with E-state index in [-0.39, 0.29) is 11.8 Å². The van der Waals surface area contributed by atoms with Gasteiger partial charge in [-0.2, -0.15) is 5.26 Å². The van der Waals surface area contributed by atoms with Crippen molar-refractivity contribution in [2.45, 2.75) is 25.6 Å². The predicted octanol–water partition coefficient (Wildman–Crippen LogP) is 1.39. The van der Waals surface area contributed by atoms with E-state index in [1.165, 1.54) is 0 Å². The van der Waals surface area contributed by atoms with Gasteiger partial charge in [-0.05, 0) is 25.5 Å². The van der Waals surface area contributed by atoms with Crippen LogP contribution in [0.25, 0.3) is 0 Å². The van der Waals surface area contributed by atoms with Crippen molar-refractivity contribution < 1.29 is 8.42 Å². The van der Waals surface area contributed by atoms with Crippen molar-refractivity contribution in [3.8, 4) is 6.07 Å². The van der Waals surface area contributed by atoms with Crippen molar-refractivity contribution in [3.63, 3.8) is 0 Å². The van der Waals surface area contributed by atoms with Crippen molar-refractivity contribution in [3.05, 3.63) is 35.4 Å². The maximum atomic E-state index is 11.7. The van der Waals surface area contributed by atoms with Crippen LogP contribution in [-0.4, -0.2) is 14.5 Å². The third-order valence-electron chi connectivity index (χ3n) is 1.90. The largest absolute Gasteiger partial charge is 0.216 e. The van der Waals surface area contributed by atoms with Crippen LogP contribution < -0.4 is 4.72 Å². The molecule has 0 spiro atoms. The van der Waals surface area contributed by atoms with Crippen LogP contribution >= 0.6 is 0 Å². The maximum absolute atomic E-state index is 11.7. The minimum atomic E-state index is -3.37. The quantitative estimate of drug-likeness (QED) is 0.861. The summed E-state index contributed by atoms with van der Waals surface area (Å²) in [6.45, 7) is 3.52. The molecule has 5 heteroatoms. The lowest BCUT2D eigenvalue weighted by atomic mass is 10.1. The van der Waals surface area contributed by atoms with Crippen LogP contribution in [-0.2, 0) is 15.8 Å². The first-order valence-electron chi connectivity index (χ1n) is 4.92. The van der Waals surface area contributed by atoms with Crippen LogP contribution in [0.3, 0.4) is 0 Å². The molecule has 1 aromatic rings. The highest BCUT2D eigenvalue weighted by Gasteiger charge is 2.14. The summed E-state index contributed by atoms with van der Waals surface area (Å²) < 4.78 is 25.8. The number of rotatable bonds is 4. The summed E-state index contributed by atoms with van der Waals surface area (Å²) in [6, 6.07) is 8.54. The Balaban J connectivity index is 2.93. The molecule has 0 saturated carbocycles. The van der Waals surface area contributed by atoms with Gasteiger partial charge in [-0.15, -0.1) is 0 Å². The molecule has 0 aliphatic heterocycles. The number of hydrogen-bond donors (Lipinski definition) is 1. The van der Waals surface area contributed by atoms with E-state index in [4.69, 9.17) is 5.26 Å². The van der Waals surface area contributed by atoms with E-state index in [0.29, 0.717) is 11.1 Å². The Hall–Kier alpha value is -1.38. The van der Waals surface area contributed by atoms with E-state index in [1.807, 2.05) is 6.07 Å². The molecule has 0 aliphatic carbocycles. The highest BCUT2D eigenvalue weighted by molar-refractivity contribution is 7.88. The summed E-state index contributed by atoms with van der Waals surface area (Å²) in [7, 11) is -3.37. The van der Waals surface area contributed by atoms with Gasteiger partial charge >= 0.3 is 0 Å². The van der Waals surface area contributed by atoms with Gasteiger partial charge in [0.15, 0.2) is 0 Å². The highest BCUT2D eigenvalue weighted by Crippen LogP contribution is 2.11. The minimum Gasteiger partial charge on any atom is -0.212 e. The van der Waals surface area contributed by atoms with Crippen LogP contribution in [0.5, 0.6) is 0 Å². The number of benzene rings is 1. The number of hydrogen-bond acceptors (Lipinski definition) is 3. The Morgan fingerprint density at radius 2 is 2.00 bits per heavy atom. The predicted molar refractivity (Wildman–Crippen MR) is 62.1 cm³/mol. The van der Waals surface area contributed by atoms with Gasteiger partial charge in [0, 0.05) is 6.04 Å². The molecule has 0 saturated heterocycles. The Bertz CT molecular complexity index is 501. The minimum absolute atomic E-state index is 0.140. The number of nitriles is 1. The third kappa shape index (κ3) is 3.65. The molecule has 86 valence electrons. The number of nitrogens with zero attached hydrogens (tertiary/aromatic N) is 1. The molecule has 0 aromatic heterocycles. The Kier molecular flexibility index (Phi) is 4.05. The van der Waals surface area contributed by atoms with Gasteiger partial charge in [0.05, 0.1) is 17.4 Å². The lowest BCUT2D eigenvalue weighted by Crippen LogP contribution is -2.31. The van der Waals surface area contributed by atoms with Gasteiger partial charge in [0.1, 0.15) is 0 Å². The first-order chi connectivity index (χ1) is 7.44. The summed E-state index contributed by atoms with van der Waals surface area (Å²) in [5.74, 6) is -0.158. The molecule has 0 radical (unpaired) electrons. The van der Waals surface area contributed by atoms with E-state index in [0.717, 1.165) is 0 Å². The van der Waals surface area contributed by atoms with E-state index >= 15 is 0 Å². The van der Waals surface area contributed by atoms with Crippen molar-refractivity contribution in [2.75, 3.05) is 0 Å². The van der Waals surface area contributed by atoms with Gasteiger partial charge in [-0.1, -0.05) is 18.2 Å². The van der Waals surface area contributed by atoms with E-state index < -0.39 is 10.0 Å². The molecule has 0 amide bonds. The Labute approximate surface area is 96.0 Å². The Morgan fingerprint density at radius 3 is 2.56 bits per heavy atom. The monoisotopic (exact) mass is 238 g/mol. The molecule has 1 rings (SSSR count). The van der Waals surface area contributed by atoms with Crippen LogP contribution in [0.15, 0.2) is 24.3 Å². The van der Waals surface area contributed by atoms with Crippen LogP contribution in [0.2, 0.25) is 0 Å². The zero-order valence-corrected chi connectivity index (χ0v) is 10.1. The van der Waals surface area contributed by atoms with Crippen molar-refractivity contribution in [1.29, 1.82) is 5.26 Å². The smallest absolute Gasteiger partial charge is 0.212 e. The molecule has 16 heavy (non-hydrogen) atoms. The van der Waals surface area contributed by atoms with Gasteiger partial charge in [-0.3, -0.25) is 0 Å². The molecule has 4 nitrogen and oxygen atoms in total. The topological polar surface area (TPSA) is 70.0 Å². The summed E-state index contributed by atoms with van der Waals surface area (Å²) in [5, 5.41) is 8.83. The summed E-state index contributed by atoms with van der Waals surface area (Å²) >= 11 is 0. The molecule has 0 fully saturated rings. The van der Waals surface area contributed by atoms with Gasteiger partial charge in [0.2, 0.25) is 10.0 Å². The van der Waals surface area contributed by atoms with Crippen molar-refractivity contribution in [1.82, 2.24) is 4.72 Å². The highest BCUT2D eigenvalue weighted by atomic mass is 32.2. The average Bonchev–Trinajstić information content (AvgIpc) is 2.15. The van der Waals surface area contributed by atoms with E-state index in [9.17, 15) is 8.42 Å². The molecule has 1 aromatic carbocycles.